The number of rotatable bonds is 4. The standard InChI is InChI=1S/C15H21ClN2O3/c1-11-10-18(7-8-21-11)15(19)17-9-14(20-2)12-3-5-13(16)6-4-12/h3-6,11,14H,7-10H2,1-2H3,(H,17,19)/t11-,14+/m0/s1. The first-order chi connectivity index (χ1) is 10.1. The zero-order valence-corrected chi connectivity index (χ0v) is 13.1. The number of carbonyl (C=O) groups is 1. The van der Waals surface area contributed by atoms with Gasteiger partial charge in [-0.1, -0.05) is 23.7 Å². The second-order valence-corrected chi connectivity index (χ2v) is 5.53. The number of ether oxygens (including phenoxy) is 2. The number of halogens is 1. The van der Waals surface area contributed by atoms with Crippen LogP contribution in [-0.2, 0) is 9.47 Å². The maximum atomic E-state index is 12.1. The van der Waals surface area contributed by atoms with E-state index in [4.69, 9.17) is 21.1 Å². The van der Waals surface area contributed by atoms with Crippen molar-refractivity contribution in [1.82, 2.24) is 10.2 Å². The van der Waals surface area contributed by atoms with Crippen LogP contribution in [0.2, 0.25) is 5.02 Å². The molecule has 2 atom stereocenters. The zero-order valence-electron chi connectivity index (χ0n) is 12.3. The van der Waals surface area contributed by atoms with Gasteiger partial charge in [0.15, 0.2) is 0 Å². The molecule has 1 N–H and O–H groups in total. The molecule has 1 aliphatic rings. The largest absolute Gasteiger partial charge is 0.375 e. The molecule has 5 nitrogen and oxygen atoms in total. The molecule has 21 heavy (non-hydrogen) atoms. The van der Waals surface area contributed by atoms with Crippen molar-refractivity contribution in [3.8, 4) is 0 Å². The lowest BCUT2D eigenvalue weighted by Crippen LogP contribution is -2.49. The van der Waals surface area contributed by atoms with Gasteiger partial charge in [-0.15, -0.1) is 0 Å². The van der Waals surface area contributed by atoms with Crippen LogP contribution in [0.3, 0.4) is 0 Å². The molecule has 1 aliphatic heterocycles. The van der Waals surface area contributed by atoms with Crippen LogP contribution >= 0.6 is 11.6 Å². The third-order valence-electron chi connectivity index (χ3n) is 3.49. The molecule has 1 aromatic carbocycles. The summed E-state index contributed by atoms with van der Waals surface area (Å²) in [5.74, 6) is 0. The molecule has 0 spiro atoms. The van der Waals surface area contributed by atoms with Gasteiger partial charge in [-0.05, 0) is 24.6 Å². The van der Waals surface area contributed by atoms with Crippen LogP contribution in [0.4, 0.5) is 4.79 Å². The molecule has 0 radical (unpaired) electrons. The van der Waals surface area contributed by atoms with Crippen molar-refractivity contribution in [1.29, 1.82) is 0 Å². The first kappa shape index (κ1) is 16.1. The van der Waals surface area contributed by atoms with Crippen molar-refractivity contribution >= 4 is 17.6 Å². The first-order valence-corrected chi connectivity index (χ1v) is 7.40. The highest BCUT2D eigenvalue weighted by Gasteiger charge is 2.22. The van der Waals surface area contributed by atoms with Gasteiger partial charge < -0.3 is 19.7 Å². The van der Waals surface area contributed by atoms with E-state index >= 15 is 0 Å². The number of methoxy groups -OCH3 is 1. The Bertz CT molecular complexity index is 466. The Morgan fingerprint density at radius 2 is 2.24 bits per heavy atom. The topological polar surface area (TPSA) is 50.8 Å². The highest BCUT2D eigenvalue weighted by atomic mass is 35.5. The minimum absolute atomic E-state index is 0.0823. The fourth-order valence-corrected chi connectivity index (χ4v) is 2.44. The third kappa shape index (κ3) is 4.59. The van der Waals surface area contributed by atoms with Gasteiger partial charge >= 0.3 is 6.03 Å². The van der Waals surface area contributed by atoms with E-state index < -0.39 is 0 Å². The Morgan fingerprint density at radius 3 is 2.86 bits per heavy atom. The Kier molecular flexibility index (Phi) is 5.85. The Labute approximate surface area is 130 Å². The van der Waals surface area contributed by atoms with Gasteiger partial charge in [0.2, 0.25) is 0 Å². The molecule has 0 unspecified atom stereocenters. The molecule has 2 amide bonds. The molecule has 1 saturated heterocycles. The molecular weight excluding hydrogens is 292 g/mol. The van der Waals surface area contributed by atoms with Crippen LogP contribution in [0.15, 0.2) is 24.3 Å². The molecule has 116 valence electrons. The van der Waals surface area contributed by atoms with E-state index in [0.717, 1.165) is 5.56 Å². The molecule has 2 rings (SSSR count). The van der Waals surface area contributed by atoms with Gasteiger partial charge in [0, 0.05) is 31.8 Å². The number of amides is 2. The van der Waals surface area contributed by atoms with E-state index in [9.17, 15) is 4.79 Å². The molecule has 0 aliphatic carbocycles. The van der Waals surface area contributed by atoms with E-state index in [2.05, 4.69) is 5.32 Å². The van der Waals surface area contributed by atoms with Gasteiger partial charge in [0.25, 0.3) is 0 Å². The Morgan fingerprint density at radius 1 is 1.52 bits per heavy atom. The van der Waals surface area contributed by atoms with Crippen molar-refractivity contribution in [2.45, 2.75) is 19.1 Å². The van der Waals surface area contributed by atoms with Crippen molar-refractivity contribution in [3.63, 3.8) is 0 Å². The minimum atomic E-state index is -0.190. The van der Waals surface area contributed by atoms with Crippen LogP contribution in [0, 0.1) is 0 Å². The fourth-order valence-electron chi connectivity index (χ4n) is 2.31. The molecule has 1 fully saturated rings. The SMILES string of the molecule is CO[C@H](CNC(=O)N1CCO[C@@H](C)C1)c1ccc(Cl)cc1. The second-order valence-electron chi connectivity index (χ2n) is 5.09. The summed E-state index contributed by atoms with van der Waals surface area (Å²) >= 11 is 5.87. The lowest BCUT2D eigenvalue weighted by atomic mass is 10.1. The van der Waals surface area contributed by atoms with E-state index in [1.165, 1.54) is 0 Å². The average Bonchev–Trinajstić information content (AvgIpc) is 2.49. The third-order valence-corrected chi connectivity index (χ3v) is 3.75. The number of hydrogen-bond donors (Lipinski definition) is 1. The van der Waals surface area contributed by atoms with Gasteiger partial charge in [-0.2, -0.15) is 0 Å². The summed E-state index contributed by atoms with van der Waals surface area (Å²) in [5, 5.41) is 3.59. The number of nitrogens with one attached hydrogen (secondary N) is 1. The summed E-state index contributed by atoms with van der Waals surface area (Å²) in [5.41, 5.74) is 0.984. The molecule has 1 aromatic rings. The van der Waals surface area contributed by atoms with Crippen molar-refractivity contribution in [2.24, 2.45) is 0 Å². The van der Waals surface area contributed by atoms with Gasteiger partial charge in [0.05, 0.1) is 18.8 Å². The number of benzene rings is 1. The quantitative estimate of drug-likeness (QED) is 0.929. The zero-order chi connectivity index (χ0) is 15.2. The van der Waals surface area contributed by atoms with E-state index in [1.807, 2.05) is 31.2 Å². The van der Waals surface area contributed by atoms with Crippen molar-refractivity contribution < 1.29 is 14.3 Å². The summed E-state index contributed by atoms with van der Waals surface area (Å²) in [7, 11) is 1.63. The molecule has 6 heteroatoms. The predicted octanol–water partition coefficient (Wildman–Crippen LogP) is 2.46. The lowest BCUT2D eigenvalue weighted by molar-refractivity contribution is -0.00412. The maximum Gasteiger partial charge on any atom is 0.317 e. The average molecular weight is 313 g/mol. The molecule has 0 saturated carbocycles. The molecule has 0 bridgehead atoms. The van der Waals surface area contributed by atoms with Crippen molar-refractivity contribution in [3.05, 3.63) is 34.9 Å². The number of carbonyl (C=O) groups excluding carboxylic acids is 1. The molecular formula is C15H21ClN2O3. The van der Waals surface area contributed by atoms with E-state index in [0.29, 0.717) is 31.3 Å². The second kappa shape index (κ2) is 7.64. The lowest BCUT2D eigenvalue weighted by Gasteiger charge is -2.31. The summed E-state index contributed by atoms with van der Waals surface area (Å²) < 4.78 is 10.9. The molecule has 0 aromatic heterocycles. The van der Waals surface area contributed by atoms with Crippen LogP contribution in [-0.4, -0.2) is 50.4 Å². The van der Waals surface area contributed by atoms with Gasteiger partial charge in [-0.3, -0.25) is 0 Å². The maximum absolute atomic E-state index is 12.1. The Balaban J connectivity index is 1.87. The number of nitrogens with zero attached hydrogens (tertiary/aromatic N) is 1. The molecule has 1 heterocycles. The summed E-state index contributed by atoms with van der Waals surface area (Å²) in [6.45, 7) is 4.20. The highest BCUT2D eigenvalue weighted by molar-refractivity contribution is 6.30. The number of hydrogen-bond acceptors (Lipinski definition) is 3. The van der Waals surface area contributed by atoms with Crippen LogP contribution in [0.5, 0.6) is 0 Å². The minimum Gasteiger partial charge on any atom is -0.375 e. The Hall–Kier alpha value is -1.30. The van der Waals surface area contributed by atoms with Crippen molar-refractivity contribution in [2.75, 3.05) is 33.4 Å². The first-order valence-electron chi connectivity index (χ1n) is 7.02. The van der Waals surface area contributed by atoms with Gasteiger partial charge in [-0.25, -0.2) is 4.79 Å². The highest BCUT2D eigenvalue weighted by Crippen LogP contribution is 2.18. The van der Waals surface area contributed by atoms with Gasteiger partial charge in [0.1, 0.15) is 0 Å². The van der Waals surface area contributed by atoms with Crippen LogP contribution < -0.4 is 5.32 Å². The fraction of sp³-hybridized carbons (Fsp3) is 0.533. The summed E-state index contributed by atoms with van der Waals surface area (Å²) in [6.07, 6.45) is -0.108. The normalized spacial score (nSPS) is 20.1. The monoisotopic (exact) mass is 312 g/mol. The summed E-state index contributed by atoms with van der Waals surface area (Å²) in [6, 6.07) is 7.35. The van der Waals surface area contributed by atoms with E-state index in [-0.39, 0.29) is 18.2 Å². The summed E-state index contributed by atoms with van der Waals surface area (Å²) in [4.78, 5) is 13.9. The van der Waals surface area contributed by atoms with Crippen LogP contribution in [0.1, 0.15) is 18.6 Å². The number of urea groups is 1. The smallest absolute Gasteiger partial charge is 0.317 e. The predicted molar refractivity (Wildman–Crippen MR) is 81.6 cm³/mol. The van der Waals surface area contributed by atoms with Crippen LogP contribution in [0.25, 0.3) is 0 Å². The number of morpholine rings is 1. The van der Waals surface area contributed by atoms with E-state index in [1.54, 1.807) is 12.0 Å².